The first-order valence-corrected chi connectivity index (χ1v) is 10.0. The molecule has 5 nitrogen and oxygen atoms in total. The molecule has 148 valence electrons. The highest BCUT2D eigenvalue weighted by molar-refractivity contribution is 4.87. The van der Waals surface area contributed by atoms with Gasteiger partial charge in [0.2, 0.25) is 0 Å². The first-order valence-electron chi connectivity index (χ1n) is 10.0. The lowest BCUT2D eigenvalue weighted by Gasteiger charge is -2.20. The van der Waals surface area contributed by atoms with Crippen molar-refractivity contribution in [3.63, 3.8) is 0 Å². The highest BCUT2D eigenvalue weighted by atomic mass is 16.5. The summed E-state index contributed by atoms with van der Waals surface area (Å²) in [4.78, 5) is 0. The Hall–Kier alpha value is -0.460. The van der Waals surface area contributed by atoms with Gasteiger partial charge in [-0.15, -0.1) is 6.58 Å². The molecule has 0 amide bonds. The van der Waals surface area contributed by atoms with Crippen molar-refractivity contribution >= 4 is 0 Å². The van der Waals surface area contributed by atoms with E-state index in [1.165, 1.54) is 51.4 Å². The van der Waals surface area contributed by atoms with E-state index in [2.05, 4.69) is 6.58 Å². The molecule has 0 aromatic heterocycles. The fourth-order valence-electron chi connectivity index (χ4n) is 3.17. The van der Waals surface area contributed by atoms with Gasteiger partial charge in [0.15, 0.2) is 0 Å². The van der Waals surface area contributed by atoms with Crippen LogP contribution in [0, 0.1) is 0 Å². The summed E-state index contributed by atoms with van der Waals surface area (Å²) in [6, 6.07) is 0. The van der Waals surface area contributed by atoms with Gasteiger partial charge in [-0.25, -0.2) is 0 Å². The molecule has 1 heterocycles. The molecule has 1 fully saturated rings. The summed E-state index contributed by atoms with van der Waals surface area (Å²) < 4.78 is 10.6. The van der Waals surface area contributed by atoms with Crippen molar-refractivity contribution in [1.29, 1.82) is 0 Å². The van der Waals surface area contributed by atoms with Gasteiger partial charge < -0.3 is 24.8 Å². The highest BCUT2D eigenvalue weighted by Gasteiger charge is 2.39. The summed E-state index contributed by atoms with van der Waals surface area (Å²) in [7, 11) is 0. The maximum Gasteiger partial charge on any atom is 0.114 e. The van der Waals surface area contributed by atoms with Gasteiger partial charge in [0.25, 0.3) is 0 Å². The van der Waals surface area contributed by atoms with Crippen LogP contribution >= 0.6 is 0 Å². The molecule has 0 aliphatic carbocycles. The lowest BCUT2D eigenvalue weighted by molar-refractivity contribution is -0.0813. The van der Waals surface area contributed by atoms with Crippen molar-refractivity contribution in [1.82, 2.24) is 0 Å². The van der Waals surface area contributed by atoms with Crippen LogP contribution in [0.5, 0.6) is 0 Å². The topological polar surface area (TPSA) is 79.2 Å². The molecule has 0 radical (unpaired) electrons. The quantitative estimate of drug-likeness (QED) is 0.292. The molecule has 0 aromatic carbocycles. The van der Waals surface area contributed by atoms with Crippen molar-refractivity contribution in [3.8, 4) is 0 Å². The maximum atomic E-state index is 9.90. The fraction of sp³-hybridized carbons (Fsp3) is 0.900. The minimum absolute atomic E-state index is 0.0672. The first-order chi connectivity index (χ1) is 12.2. The normalized spacial score (nSPS) is 24.5. The number of rotatable bonds is 16. The van der Waals surface area contributed by atoms with Gasteiger partial charge in [0, 0.05) is 6.61 Å². The predicted octanol–water partition coefficient (Wildman–Crippen LogP) is 2.96. The number of hydrogen-bond acceptors (Lipinski definition) is 5. The average molecular weight is 359 g/mol. The van der Waals surface area contributed by atoms with E-state index in [-0.39, 0.29) is 13.2 Å². The minimum atomic E-state index is -1.03. The van der Waals surface area contributed by atoms with Crippen molar-refractivity contribution in [3.05, 3.63) is 12.7 Å². The van der Waals surface area contributed by atoms with E-state index in [1.54, 1.807) is 0 Å². The second kappa shape index (κ2) is 14.7. The van der Waals surface area contributed by atoms with Gasteiger partial charge in [0.1, 0.15) is 24.4 Å². The number of aliphatic hydroxyl groups excluding tert-OH is 3. The lowest BCUT2D eigenvalue weighted by atomic mass is 10.1. The molecule has 4 atom stereocenters. The number of unbranched alkanes of at least 4 members (excludes halogenated alkanes) is 10. The van der Waals surface area contributed by atoms with Crippen LogP contribution < -0.4 is 0 Å². The molecular formula is C20H38O5. The molecule has 0 spiro atoms. The monoisotopic (exact) mass is 358 g/mol. The molecule has 0 aromatic rings. The number of aliphatic hydroxyl groups is 3. The second-order valence-electron chi connectivity index (χ2n) is 7.11. The zero-order chi connectivity index (χ0) is 18.3. The summed E-state index contributed by atoms with van der Waals surface area (Å²) in [6.07, 6.45) is 12.2. The van der Waals surface area contributed by atoms with E-state index in [1.807, 2.05) is 6.08 Å². The largest absolute Gasteiger partial charge is 0.388 e. The fourth-order valence-corrected chi connectivity index (χ4v) is 3.17. The molecule has 1 aliphatic heterocycles. The maximum absolute atomic E-state index is 9.90. The van der Waals surface area contributed by atoms with E-state index >= 15 is 0 Å². The van der Waals surface area contributed by atoms with Crippen LogP contribution in [-0.4, -0.2) is 59.6 Å². The summed E-state index contributed by atoms with van der Waals surface area (Å²) in [5, 5.41) is 28.9. The molecular weight excluding hydrogens is 320 g/mol. The van der Waals surface area contributed by atoms with Crippen LogP contribution in [0.3, 0.4) is 0 Å². The summed E-state index contributed by atoms with van der Waals surface area (Å²) in [5.74, 6) is 0. The SMILES string of the molecule is C=CCCCCCCCCCCCCOC[C@@H](O)[C@H]1OC[C@H](O)[C@H]1O. The lowest BCUT2D eigenvalue weighted by Crippen LogP contribution is -2.40. The number of hydrogen-bond donors (Lipinski definition) is 3. The van der Waals surface area contributed by atoms with E-state index in [9.17, 15) is 15.3 Å². The van der Waals surface area contributed by atoms with Crippen LogP contribution in [0.25, 0.3) is 0 Å². The van der Waals surface area contributed by atoms with Crippen LogP contribution in [0.4, 0.5) is 0 Å². The standard InChI is InChI=1S/C20H38O5/c1-2-3-4-5-6-7-8-9-10-11-12-13-14-24-15-18(22)20-19(23)17(21)16-25-20/h2,17-23H,1,3-16H2/t17-,18+,19+,20+/m0/s1. The van der Waals surface area contributed by atoms with E-state index in [0.717, 1.165) is 19.3 Å². The smallest absolute Gasteiger partial charge is 0.114 e. The highest BCUT2D eigenvalue weighted by Crippen LogP contribution is 2.18. The molecule has 5 heteroatoms. The summed E-state index contributed by atoms with van der Waals surface area (Å²) in [6.45, 7) is 4.56. The molecule has 1 rings (SSSR count). The van der Waals surface area contributed by atoms with E-state index < -0.39 is 24.4 Å². The Morgan fingerprint density at radius 2 is 1.52 bits per heavy atom. The molecule has 0 saturated carbocycles. The summed E-state index contributed by atoms with van der Waals surface area (Å²) >= 11 is 0. The molecule has 0 bridgehead atoms. The van der Waals surface area contributed by atoms with E-state index in [0.29, 0.717) is 6.61 Å². The number of allylic oxidation sites excluding steroid dienone is 1. The Morgan fingerprint density at radius 3 is 2.04 bits per heavy atom. The van der Waals surface area contributed by atoms with Crippen LogP contribution in [0.2, 0.25) is 0 Å². The van der Waals surface area contributed by atoms with Crippen LogP contribution in [0.1, 0.15) is 70.6 Å². The molecule has 3 N–H and O–H groups in total. The third-order valence-corrected chi connectivity index (χ3v) is 4.81. The van der Waals surface area contributed by atoms with E-state index in [4.69, 9.17) is 9.47 Å². The van der Waals surface area contributed by atoms with Crippen molar-refractivity contribution in [2.24, 2.45) is 0 Å². The average Bonchev–Trinajstić information content (AvgIpc) is 2.94. The Kier molecular flexibility index (Phi) is 13.3. The molecule has 0 unspecified atom stereocenters. The van der Waals surface area contributed by atoms with Gasteiger partial charge in [0.05, 0.1) is 13.2 Å². The molecule has 1 aliphatic rings. The van der Waals surface area contributed by atoms with Gasteiger partial charge >= 0.3 is 0 Å². The summed E-state index contributed by atoms with van der Waals surface area (Å²) in [5.41, 5.74) is 0. The Bertz CT molecular complexity index is 323. The van der Waals surface area contributed by atoms with Gasteiger partial charge in [-0.3, -0.25) is 0 Å². The molecule has 1 saturated heterocycles. The number of ether oxygens (including phenoxy) is 2. The van der Waals surface area contributed by atoms with Gasteiger partial charge in [-0.2, -0.15) is 0 Å². The Balaban J connectivity index is 1.81. The second-order valence-corrected chi connectivity index (χ2v) is 7.11. The third-order valence-electron chi connectivity index (χ3n) is 4.81. The zero-order valence-electron chi connectivity index (χ0n) is 15.7. The Labute approximate surface area is 153 Å². The van der Waals surface area contributed by atoms with Crippen molar-refractivity contribution in [2.75, 3.05) is 19.8 Å². The van der Waals surface area contributed by atoms with Crippen molar-refractivity contribution in [2.45, 2.75) is 95.0 Å². The Morgan fingerprint density at radius 1 is 0.960 bits per heavy atom. The minimum Gasteiger partial charge on any atom is -0.388 e. The van der Waals surface area contributed by atoms with Crippen LogP contribution in [-0.2, 0) is 9.47 Å². The molecule has 25 heavy (non-hydrogen) atoms. The van der Waals surface area contributed by atoms with Crippen LogP contribution in [0.15, 0.2) is 12.7 Å². The van der Waals surface area contributed by atoms with Crippen molar-refractivity contribution < 1.29 is 24.8 Å². The van der Waals surface area contributed by atoms with Gasteiger partial charge in [-0.1, -0.05) is 57.4 Å². The zero-order valence-corrected chi connectivity index (χ0v) is 15.7. The first kappa shape index (κ1) is 22.6. The predicted molar refractivity (Wildman–Crippen MR) is 99.6 cm³/mol. The van der Waals surface area contributed by atoms with Gasteiger partial charge in [-0.05, 0) is 19.3 Å². The third kappa shape index (κ3) is 10.3.